The zero-order valence-electron chi connectivity index (χ0n) is 19.4. The van der Waals surface area contributed by atoms with Crippen molar-refractivity contribution in [2.45, 2.75) is 69.3 Å². The van der Waals surface area contributed by atoms with Crippen LogP contribution in [0.25, 0.3) is 0 Å². The van der Waals surface area contributed by atoms with Crippen molar-refractivity contribution in [3.05, 3.63) is 23.4 Å². The van der Waals surface area contributed by atoms with Crippen LogP contribution in [0.1, 0.15) is 50.3 Å². The molecule has 2 rings (SSSR count). The van der Waals surface area contributed by atoms with Crippen LogP contribution in [-0.2, 0) is 27.2 Å². The smallest absolute Gasteiger partial charge is 0.326 e. The molecule has 2 unspecified atom stereocenters. The summed E-state index contributed by atoms with van der Waals surface area (Å²) < 4.78 is 5.58. The number of ether oxygens (including phenoxy) is 1. The van der Waals surface area contributed by atoms with Crippen LogP contribution in [0.5, 0.6) is 0 Å². The minimum absolute atomic E-state index is 0.120. The molecule has 2 heterocycles. The fourth-order valence-corrected chi connectivity index (χ4v) is 4.06. The number of rotatable bonds is 15. The predicted octanol–water partition coefficient (Wildman–Crippen LogP) is 1.66. The standard InChI is InChI=1S/C23H38ClN5O4/c1-15(14-25)13-18(24)20(26)22(30)29-19(23(31)32)9-12-33-11-3-2-6-17-8-7-16-5-4-10-27-21(16)28-17/h7-8,15,18-20H,2-6,9-14,25-26H2,1H3,(H,27,28)(H,29,30)(H,31,32)/t15?,18?,19-,20-/m0/s1. The van der Waals surface area contributed by atoms with E-state index in [-0.39, 0.29) is 18.9 Å². The largest absolute Gasteiger partial charge is 0.480 e. The highest BCUT2D eigenvalue weighted by atomic mass is 35.5. The van der Waals surface area contributed by atoms with Gasteiger partial charge in [0.2, 0.25) is 5.91 Å². The van der Waals surface area contributed by atoms with Gasteiger partial charge in [0.05, 0.1) is 5.38 Å². The van der Waals surface area contributed by atoms with Crippen molar-refractivity contribution in [1.82, 2.24) is 10.3 Å². The summed E-state index contributed by atoms with van der Waals surface area (Å²) >= 11 is 6.20. The van der Waals surface area contributed by atoms with Crippen LogP contribution in [-0.4, -0.2) is 65.7 Å². The first-order valence-electron chi connectivity index (χ1n) is 11.7. The van der Waals surface area contributed by atoms with E-state index in [4.69, 9.17) is 27.8 Å². The number of fused-ring (bicyclic) bond motifs is 1. The number of alkyl halides is 1. The molecule has 0 saturated heterocycles. The maximum Gasteiger partial charge on any atom is 0.326 e. The molecule has 0 fully saturated rings. The van der Waals surface area contributed by atoms with E-state index in [2.05, 4.69) is 27.8 Å². The maximum absolute atomic E-state index is 12.3. The fraction of sp³-hybridized carbons (Fsp3) is 0.696. The van der Waals surface area contributed by atoms with Crippen LogP contribution in [0.3, 0.4) is 0 Å². The number of carbonyl (C=O) groups excluding carboxylic acids is 1. The molecular formula is C23H38ClN5O4. The third-order valence-electron chi connectivity index (χ3n) is 5.81. The second kappa shape index (κ2) is 14.3. The highest BCUT2D eigenvalue weighted by Gasteiger charge is 2.28. The highest BCUT2D eigenvalue weighted by molar-refractivity contribution is 6.22. The van der Waals surface area contributed by atoms with Gasteiger partial charge in [-0.1, -0.05) is 13.0 Å². The van der Waals surface area contributed by atoms with E-state index in [0.29, 0.717) is 19.6 Å². The zero-order valence-corrected chi connectivity index (χ0v) is 20.2. The summed E-state index contributed by atoms with van der Waals surface area (Å²) in [5, 5.41) is 14.6. The molecule has 4 atom stereocenters. The average Bonchev–Trinajstić information content (AvgIpc) is 2.81. The first-order valence-corrected chi connectivity index (χ1v) is 12.2. The summed E-state index contributed by atoms with van der Waals surface area (Å²) in [5.41, 5.74) is 13.8. The number of amides is 1. The molecule has 33 heavy (non-hydrogen) atoms. The highest BCUT2D eigenvalue weighted by Crippen LogP contribution is 2.20. The predicted molar refractivity (Wildman–Crippen MR) is 129 cm³/mol. The molecule has 7 N–H and O–H groups in total. The van der Waals surface area contributed by atoms with Gasteiger partial charge in [-0.3, -0.25) is 4.79 Å². The Kier molecular flexibility index (Phi) is 11.9. The van der Waals surface area contributed by atoms with Gasteiger partial charge in [-0.25, -0.2) is 9.78 Å². The van der Waals surface area contributed by atoms with Gasteiger partial charge in [-0.05, 0) is 62.6 Å². The molecule has 9 nitrogen and oxygen atoms in total. The minimum Gasteiger partial charge on any atom is -0.480 e. The van der Waals surface area contributed by atoms with E-state index in [1.807, 2.05) is 6.92 Å². The van der Waals surface area contributed by atoms with Gasteiger partial charge in [0.1, 0.15) is 17.9 Å². The number of hydrogen-bond donors (Lipinski definition) is 5. The van der Waals surface area contributed by atoms with Crippen molar-refractivity contribution in [2.24, 2.45) is 17.4 Å². The Balaban J connectivity index is 1.63. The molecule has 1 aromatic rings. The van der Waals surface area contributed by atoms with Gasteiger partial charge in [0.15, 0.2) is 0 Å². The van der Waals surface area contributed by atoms with Crippen molar-refractivity contribution in [3.63, 3.8) is 0 Å². The van der Waals surface area contributed by atoms with Gasteiger partial charge >= 0.3 is 5.97 Å². The van der Waals surface area contributed by atoms with Gasteiger partial charge in [0, 0.05) is 31.9 Å². The summed E-state index contributed by atoms with van der Waals surface area (Å²) in [7, 11) is 0. The lowest BCUT2D eigenvalue weighted by molar-refractivity contribution is -0.142. The molecule has 0 bridgehead atoms. The summed E-state index contributed by atoms with van der Waals surface area (Å²) in [6.07, 6.45) is 5.49. The third-order valence-corrected chi connectivity index (χ3v) is 6.26. The van der Waals surface area contributed by atoms with Gasteiger partial charge in [-0.2, -0.15) is 0 Å². The number of pyridine rings is 1. The topological polar surface area (TPSA) is 153 Å². The number of unbranched alkanes of at least 4 members (excludes halogenated alkanes) is 1. The number of nitrogens with zero attached hydrogens (tertiary/aromatic N) is 1. The number of carbonyl (C=O) groups is 2. The number of aliphatic carboxylic acids is 1. The molecule has 1 aliphatic rings. The summed E-state index contributed by atoms with van der Waals surface area (Å²) in [6.45, 7) is 4.07. The van der Waals surface area contributed by atoms with Crippen molar-refractivity contribution in [2.75, 3.05) is 31.6 Å². The third kappa shape index (κ3) is 9.44. The average molecular weight is 484 g/mol. The molecule has 1 aliphatic heterocycles. The molecule has 0 aromatic carbocycles. The molecular weight excluding hydrogens is 446 g/mol. The summed E-state index contributed by atoms with van der Waals surface area (Å²) in [5.74, 6) is -0.591. The number of halogens is 1. The van der Waals surface area contributed by atoms with Crippen molar-refractivity contribution >= 4 is 29.3 Å². The van der Waals surface area contributed by atoms with E-state index < -0.39 is 29.3 Å². The molecule has 0 saturated carbocycles. The first kappa shape index (κ1) is 27.3. The number of carboxylic acids is 1. The maximum atomic E-state index is 12.3. The number of anilines is 1. The molecule has 1 aromatic heterocycles. The van der Waals surface area contributed by atoms with Crippen LogP contribution >= 0.6 is 11.6 Å². The zero-order chi connectivity index (χ0) is 24.2. The van der Waals surface area contributed by atoms with Crippen LogP contribution in [0.2, 0.25) is 0 Å². The van der Waals surface area contributed by atoms with Crippen LogP contribution in [0.4, 0.5) is 5.82 Å². The van der Waals surface area contributed by atoms with E-state index in [1.165, 1.54) is 5.56 Å². The van der Waals surface area contributed by atoms with Crippen LogP contribution in [0, 0.1) is 5.92 Å². The van der Waals surface area contributed by atoms with Crippen molar-refractivity contribution < 1.29 is 19.4 Å². The van der Waals surface area contributed by atoms with Crippen molar-refractivity contribution in [3.8, 4) is 0 Å². The van der Waals surface area contributed by atoms with E-state index >= 15 is 0 Å². The lowest BCUT2D eigenvalue weighted by Gasteiger charge is -2.22. The summed E-state index contributed by atoms with van der Waals surface area (Å²) in [4.78, 5) is 28.5. The first-order chi connectivity index (χ1) is 15.8. The Hall–Kier alpha value is -1.94. The van der Waals surface area contributed by atoms with Gasteiger partial charge in [0.25, 0.3) is 0 Å². The van der Waals surface area contributed by atoms with E-state index in [1.54, 1.807) is 0 Å². The Bertz CT molecular complexity index is 766. The number of nitrogens with two attached hydrogens (primary N) is 2. The second-order valence-electron chi connectivity index (χ2n) is 8.72. The molecule has 0 aliphatic carbocycles. The number of nitrogens with one attached hydrogen (secondary N) is 2. The molecule has 10 heteroatoms. The van der Waals surface area contributed by atoms with Crippen LogP contribution in [0.15, 0.2) is 12.1 Å². The fourth-order valence-electron chi connectivity index (χ4n) is 3.64. The summed E-state index contributed by atoms with van der Waals surface area (Å²) in [6, 6.07) is 2.15. The quantitative estimate of drug-likeness (QED) is 0.186. The Morgan fingerprint density at radius 3 is 2.85 bits per heavy atom. The molecule has 0 radical (unpaired) electrons. The van der Waals surface area contributed by atoms with Crippen LogP contribution < -0.4 is 22.1 Å². The number of carboxylic acid groups (broad SMARTS) is 1. The minimum atomic E-state index is -1.13. The Morgan fingerprint density at radius 1 is 1.33 bits per heavy atom. The van der Waals surface area contributed by atoms with E-state index in [0.717, 1.165) is 50.2 Å². The molecule has 1 amide bonds. The Morgan fingerprint density at radius 2 is 2.12 bits per heavy atom. The van der Waals surface area contributed by atoms with Crippen molar-refractivity contribution in [1.29, 1.82) is 0 Å². The van der Waals surface area contributed by atoms with E-state index in [9.17, 15) is 14.7 Å². The number of aromatic nitrogens is 1. The molecule has 0 spiro atoms. The number of hydrogen-bond acceptors (Lipinski definition) is 7. The monoisotopic (exact) mass is 483 g/mol. The molecule has 186 valence electrons. The normalized spacial score (nSPS) is 16.7. The van der Waals surface area contributed by atoms with Gasteiger partial charge in [-0.15, -0.1) is 11.6 Å². The Labute approximate surface area is 201 Å². The lowest BCUT2D eigenvalue weighted by Crippen LogP contribution is -2.52. The lowest BCUT2D eigenvalue weighted by atomic mass is 10.0. The SMILES string of the molecule is CC(CN)CC(Cl)[C@H](N)C(=O)N[C@@H](CCOCCCCc1ccc2c(n1)NCCC2)C(=O)O. The van der Waals surface area contributed by atoms with Gasteiger partial charge < -0.3 is 31.9 Å². The second-order valence-corrected chi connectivity index (χ2v) is 9.28. The number of aryl methyl sites for hydroxylation is 2.